The fourth-order valence-corrected chi connectivity index (χ4v) is 3.33. The van der Waals surface area contributed by atoms with E-state index in [0.717, 1.165) is 24.7 Å². The van der Waals surface area contributed by atoms with E-state index >= 15 is 0 Å². The highest BCUT2D eigenvalue weighted by Gasteiger charge is 2.22. The molecule has 0 N–H and O–H groups in total. The summed E-state index contributed by atoms with van der Waals surface area (Å²) in [5.41, 5.74) is 0. The lowest BCUT2D eigenvalue weighted by molar-refractivity contribution is 0.431. The van der Waals surface area contributed by atoms with Crippen LogP contribution in [0, 0.1) is 0 Å². The molecule has 0 aromatic heterocycles. The zero-order chi connectivity index (χ0) is 10.6. The third kappa shape index (κ3) is 3.00. The molecule has 1 aliphatic heterocycles. The van der Waals surface area contributed by atoms with E-state index in [1.807, 2.05) is 11.8 Å². The zero-order valence-corrected chi connectivity index (χ0v) is 10.1. The lowest BCUT2D eigenvalue weighted by Gasteiger charge is -2.17. The van der Waals surface area contributed by atoms with Gasteiger partial charge in [0.25, 0.3) is 0 Å². The van der Waals surface area contributed by atoms with Crippen molar-refractivity contribution in [1.82, 2.24) is 4.31 Å². The van der Waals surface area contributed by atoms with Gasteiger partial charge in [-0.1, -0.05) is 6.58 Å². The van der Waals surface area contributed by atoms with Gasteiger partial charge in [0.15, 0.2) is 0 Å². The maximum atomic E-state index is 11.5. The van der Waals surface area contributed by atoms with Crippen LogP contribution >= 0.6 is 11.8 Å². The first-order chi connectivity index (χ1) is 6.60. The van der Waals surface area contributed by atoms with Crippen LogP contribution in [0.2, 0.25) is 0 Å². The van der Waals surface area contributed by atoms with Crippen molar-refractivity contribution < 1.29 is 8.42 Å². The SMILES string of the molecule is C=CS(=O)(=O)N1CCCC(SC)CC1. The van der Waals surface area contributed by atoms with Crippen molar-refractivity contribution in [3.05, 3.63) is 12.0 Å². The van der Waals surface area contributed by atoms with Gasteiger partial charge in [0.2, 0.25) is 10.0 Å². The Balaban J connectivity index is 2.63. The van der Waals surface area contributed by atoms with Crippen molar-refractivity contribution in [3.63, 3.8) is 0 Å². The van der Waals surface area contributed by atoms with Gasteiger partial charge in [-0.2, -0.15) is 16.1 Å². The van der Waals surface area contributed by atoms with Gasteiger partial charge in [0, 0.05) is 23.7 Å². The van der Waals surface area contributed by atoms with E-state index in [-0.39, 0.29) is 0 Å². The van der Waals surface area contributed by atoms with Crippen molar-refractivity contribution in [2.45, 2.75) is 24.5 Å². The molecule has 1 saturated heterocycles. The summed E-state index contributed by atoms with van der Waals surface area (Å²) in [5.74, 6) is 0. The third-order valence-corrected chi connectivity index (χ3v) is 5.18. The Bertz CT molecular complexity index is 287. The second-order valence-electron chi connectivity index (χ2n) is 3.40. The van der Waals surface area contributed by atoms with Gasteiger partial charge < -0.3 is 0 Å². The Morgan fingerprint density at radius 1 is 1.43 bits per heavy atom. The molecule has 1 aliphatic rings. The first kappa shape index (κ1) is 12.1. The fourth-order valence-electron chi connectivity index (χ4n) is 1.64. The Morgan fingerprint density at radius 3 is 2.71 bits per heavy atom. The van der Waals surface area contributed by atoms with Crippen molar-refractivity contribution in [2.24, 2.45) is 0 Å². The minimum atomic E-state index is -3.19. The third-order valence-electron chi connectivity index (χ3n) is 2.54. The molecular weight excluding hydrogens is 218 g/mol. The molecule has 82 valence electrons. The summed E-state index contributed by atoms with van der Waals surface area (Å²) in [7, 11) is -3.19. The molecule has 1 rings (SSSR count). The molecule has 1 atom stereocenters. The van der Waals surface area contributed by atoms with Gasteiger partial charge in [-0.25, -0.2) is 8.42 Å². The maximum Gasteiger partial charge on any atom is 0.235 e. The highest BCUT2D eigenvalue weighted by molar-refractivity contribution is 7.99. The van der Waals surface area contributed by atoms with Crippen LogP contribution in [0.4, 0.5) is 0 Å². The van der Waals surface area contributed by atoms with Gasteiger partial charge >= 0.3 is 0 Å². The predicted octanol–water partition coefficient (Wildman–Crippen LogP) is 1.68. The first-order valence-corrected chi connectivity index (χ1v) is 7.54. The Morgan fingerprint density at radius 2 is 2.14 bits per heavy atom. The number of hydrogen-bond donors (Lipinski definition) is 0. The van der Waals surface area contributed by atoms with Gasteiger partial charge in [-0.3, -0.25) is 0 Å². The Labute approximate surface area is 90.6 Å². The fraction of sp³-hybridized carbons (Fsp3) is 0.778. The zero-order valence-electron chi connectivity index (χ0n) is 8.48. The summed E-state index contributed by atoms with van der Waals surface area (Å²) in [5, 5.41) is 1.66. The Hall–Kier alpha value is -0.0000000000000000555. The van der Waals surface area contributed by atoms with Crippen molar-refractivity contribution in [1.29, 1.82) is 0 Å². The van der Waals surface area contributed by atoms with Crippen molar-refractivity contribution in [2.75, 3.05) is 19.3 Å². The van der Waals surface area contributed by atoms with Gasteiger partial charge in [-0.05, 0) is 25.5 Å². The van der Waals surface area contributed by atoms with Crippen LogP contribution in [0.25, 0.3) is 0 Å². The summed E-state index contributed by atoms with van der Waals surface area (Å²) < 4.78 is 24.5. The van der Waals surface area contributed by atoms with E-state index in [9.17, 15) is 8.42 Å². The van der Waals surface area contributed by atoms with E-state index in [1.54, 1.807) is 0 Å². The van der Waals surface area contributed by atoms with Crippen molar-refractivity contribution >= 4 is 21.8 Å². The topological polar surface area (TPSA) is 37.4 Å². The molecule has 3 nitrogen and oxygen atoms in total. The van der Waals surface area contributed by atoms with E-state index in [0.29, 0.717) is 18.3 Å². The van der Waals surface area contributed by atoms with Gasteiger partial charge in [0.05, 0.1) is 0 Å². The number of sulfonamides is 1. The van der Waals surface area contributed by atoms with E-state index < -0.39 is 10.0 Å². The smallest absolute Gasteiger partial charge is 0.208 e. The molecule has 1 heterocycles. The molecule has 14 heavy (non-hydrogen) atoms. The van der Waals surface area contributed by atoms with Crippen LogP contribution in [-0.4, -0.2) is 37.3 Å². The molecule has 0 aromatic rings. The Kier molecular flexibility index (Phi) is 4.47. The van der Waals surface area contributed by atoms with Crippen LogP contribution in [-0.2, 0) is 10.0 Å². The number of hydrogen-bond acceptors (Lipinski definition) is 3. The average Bonchev–Trinajstić information content (AvgIpc) is 2.42. The molecule has 0 amide bonds. The van der Waals surface area contributed by atoms with E-state index in [4.69, 9.17) is 0 Å². The molecule has 0 spiro atoms. The minimum Gasteiger partial charge on any atom is -0.208 e. The molecule has 0 aromatic carbocycles. The first-order valence-electron chi connectivity index (χ1n) is 4.75. The molecule has 1 fully saturated rings. The van der Waals surface area contributed by atoms with E-state index in [2.05, 4.69) is 12.8 Å². The summed E-state index contributed by atoms with van der Waals surface area (Å²) >= 11 is 1.83. The molecule has 0 bridgehead atoms. The molecule has 0 radical (unpaired) electrons. The van der Waals surface area contributed by atoms with Crippen LogP contribution in [0.1, 0.15) is 19.3 Å². The lowest BCUT2D eigenvalue weighted by Crippen LogP contribution is -2.30. The van der Waals surface area contributed by atoms with Crippen LogP contribution in [0.3, 0.4) is 0 Å². The average molecular weight is 235 g/mol. The highest BCUT2D eigenvalue weighted by Crippen LogP contribution is 2.22. The number of nitrogens with zero attached hydrogens (tertiary/aromatic N) is 1. The second-order valence-corrected chi connectivity index (χ2v) is 6.42. The predicted molar refractivity (Wildman–Crippen MR) is 61.8 cm³/mol. The van der Waals surface area contributed by atoms with E-state index in [1.165, 1.54) is 4.31 Å². The molecule has 0 aliphatic carbocycles. The number of rotatable bonds is 3. The molecule has 1 unspecified atom stereocenters. The highest BCUT2D eigenvalue weighted by atomic mass is 32.2. The minimum absolute atomic E-state index is 0.611. The van der Waals surface area contributed by atoms with Crippen LogP contribution in [0.5, 0.6) is 0 Å². The monoisotopic (exact) mass is 235 g/mol. The summed E-state index contributed by atoms with van der Waals surface area (Å²) in [6, 6.07) is 0. The summed E-state index contributed by atoms with van der Waals surface area (Å²) in [6.07, 6.45) is 5.11. The lowest BCUT2D eigenvalue weighted by atomic mass is 10.2. The standard InChI is InChI=1S/C9H17NO2S2/c1-3-14(11,12)10-7-4-5-9(13-2)6-8-10/h3,9H,1,4-8H2,2H3. The van der Waals surface area contributed by atoms with Crippen molar-refractivity contribution in [3.8, 4) is 0 Å². The largest absolute Gasteiger partial charge is 0.235 e. The quantitative estimate of drug-likeness (QED) is 0.747. The van der Waals surface area contributed by atoms with Gasteiger partial charge in [-0.15, -0.1) is 0 Å². The summed E-state index contributed by atoms with van der Waals surface area (Å²) in [6.45, 7) is 4.63. The maximum absolute atomic E-state index is 11.5. The molecule has 0 saturated carbocycles. The van der Waals surface area contributed by atoms with Gasteiger partial charge in [0.1, 0.15) is 0 Å². The van der Waals surface area contributed by atoms with Crippen LogP contribution < -0.4 is 0 Å². The van der Waals surface area contributed by atoms with Crippen LogP contribution in [0.15, 0.2) is 12.0 Å². The molecular formula is C9H17NO2S2. The summed E-state index contributed by atoms with van der Waals surface area (Å²) in [4.78, 5) is 0. The molecule has 5 heteroatoms. The normalized spacial score (nSPS) is 25.6. The number of thioether (sulfide) groups is 1. The second kappa shape index (κ2) is 5.19.